The second-order valence-electron chi connectivity index (χ2n) is 6.32. The van der Waals surface area contributed by atoms with E-state index in [9.17, 15) is 4.79 Å². The van der Waals surface area contributed by atoms with Gasteiger partial charge in [-0.05, 0) is 19.3 Å². The molecule has 0 aromatic carbocycles. The van der Waals surface area contributed by atoms with Gasteiger partial charge in [0.05, 0.1) is 0 Å². The van der Waals surface area contributed by atoms with E-state index in [-0.39, 0.29) is 0 Å². The van der Waals surface area contributed by atoms with Crippen LogP contribution in [0.4, 0.5) is 0 Å². The fraction of sp³-hybridized carbons (Fsp3) is 0.944. The molecule has 0 aliphatic carbocycles. The second-order valence-corrected chi connectivity index (χ2v) is 6.32. The molecule has 0 amide bonds. The van der Waals surface area contributed by atoms with E-state index in [1.807, 2.05) is 0 Å². The Balaban J connectivity index is 3.14. The van der Waals surface area contributed by atoms with Crippen molar-refractivity contribution in [3.05, 3.63) is 0 Å². The summed E-state index contributed by atoms with van der Waals surface area (Å²) in [7, 11) is 0. The first-order chi connectivity index (χ1) is 9.16. The van der Waals surface area contributed by atoms with Crippen LogP contribution >= 0.6 is 0 Å². The van der Waals surface area contributed by atoms with E-state index in [0.717, 1.165) is 18.8 Å². The van der Waals surface area contributed by atoms with Crippen molar-refractivity contribution in [1.29, 1.82) is 0 Å². The molecule has 1 atom stereocenters. The van der Waals surface area contributed by atoms with E-state index in [2.05, 4.69) is 13.8 Å². The number of carbonyl (C=O) groups excluding carboxylic acids is 1. The molecule has 114 valence electrons. The predicted molar refractivity (Wildman–Crippen MR) is 85.5 cm³/mol. The number of ketones is 1. The molecule has 1 heteroatoms. The number of rotatable bonds is 14. The van der Waals surface area contributed by atoms with Crippen molar-refractivity contribution in [2.24, 2.45) is 5.92 Å². The molecule has 1 nitrogen and oxygen atoms in total. The zero-order chi connectivity index (χ0) is 14.3. The average Bonchev–Trinajstić information content (AvgIpc) is 2.36. The molecule has 0 aromatic rings. The minimum absolute atomic E-state index is 0.343. The molecule has 0 N–H and O–H groups in total. The van der Waals surface area contributed by atoms with Crippen LogP contribution in [0.25, 0.3) is 0 Å². The highest BCUT2D eigenvalue weighted by Gasteiger charge is 2.03. The molecule has 0 rings (SSSR count). The van der Waals surface area contributed by atoms with E-state index in [4.69, 9.17) is 0 Å². The highest BCUT2D eigenvalue weighted by atomic mass is 16.1. The van der Waals surface area contributed by atoms with Gasteiger partial charge in [-0.25, -0.2) is 0 Å². The first-order valence-electron chi connectivity index (χ1n) is 8.66. The Morgan fingerprint density at radius 3 is 1.79 bits per heavy atom. The third-order valence-electron chi connectivity index (χ3n) is 4.03. The van der Waals surface area contributed by atoms with Gasteiger partial charge in [-0.2, -0.15) is 0 Å². The van der Waals surface area contributed by atoms with Gasteiger partial charge in [0.1, 0.15) is 5.78 Å². The fourth-order valence-corrected chi connectivity index (χ4v) is 2.65. The summed E-state index contributed by atoms with van der Waals surface area (Å²) >= 11 is 0. The molecule has 0 saturated carbocycles. The average molecular weight is 268 g/mol. The summed E-state index contributed by atoms with van der Waals surface area (Å²) in [6.07, 6.45) is 17.2. The normalized spacial score (nSPS) is 12.6. The zero-order valence-electron chi connectivity index (χ0n) is 13.7. The van der Waals surface area contributed by atoms with Crippen molar-refractivity contribution >= 4 is 5.78 Å². The summed E-state index contributed by atoms with van der Waals surface area (Å²) in [5.74, 6) is 1.15. The summed E-state index contributed by atoms with van der Waals surface area (Å²) in [6.45, 7) is 6.31. The molecule has 0 aromatic heterocycles. The molecule has 0 radical (unpaired) electrons. The van der Waals surface area contributed by atoms with Gasteiger partial charge in [-0.3, -0.25) is 0 Å². The van der Waals surface area contributed by atoms with Crippen molar-refractivity contribution in [2.45, 2.75) is 104 Å². The Morgan fingerprint density at radius 2 is 1.26 bits per heavy atom. The molecule has 19 heavy (non-hydrogen) atoms. The van der Waals surface area contributed by atoms with Gasteiger partial charge in [0.2, 0.25) is 0 Å². The predicted octanol–water partition coefficient (Wildman–Crippen LogP) is 6.30. The number of unbranched alkanes of at least 4 members (excludes halogenated alkanes) is 8. The van der Waals surface area contributed by atoms with Crippen LogP contribution in [-0.4, -0.2) is 5.78 Å². The van der Waals surface area contributed by atoms with Crippen molar-refractivity contribution in [3.63, 3.8) is 0 Å². The summed E-state index contributed by atoms with van der Waals surface area (Å²) in [6, 6.07) is 0. The molecule has 0 bridgehead atoms. The van der Waals surface area contributed by atoms with Crippen molar-refractivity contribution in [3.8, 4) is 0 Å². The Kier molecular flexibility index (Phi) is 13.8. The topological polar surface area (TPSA) is 17.1 Å². The van der Waals surface area contributed by atoms with Gasteiger partial charge in [0.25, 0.3) is 0 Å². The molecule has 1 unspecified atom stereocenters. The van der Waals surface area contributed by atoms with Gasteiger partial charge in [-0.1, -0.05) is 84.5 Å². The SMILES string of the molecule is CCCCCCCCCCCC(C)CCCC(C)=O. The quantitative estimate of drug-likeness (QED) is 0.338. The fourth-order valence-electron chi connectivity index (χ4n) is 2.65. The van der Waals surface area contributed by atoms with Crippen molar-refractivity contribution < 1.29 is 4.79 Å². The van der Waals surface area contributed by atoms with Gasteiger partial charge in [-0.15, -0.1) is 0 Å². The van der Waals surface area contributed by atoms with Gasteiger partial charge < -0.3 is 4.79 Å². The maximum absolute atomic E-state index is 10.9. The molecule has 0 aliphatic heterocycles. The van der Waals surface area contributed by atoms with E-state index < -0.39 is 0 Å². The largest absolute Gasteiger partial charge is 0.300 e. The van der Waals surface area contributed by atoms with Crippen LogP contribution in [0, 0.1) is 5.92 Å². The monoisotopic (exact) mass is 268 g/mol. The lowest BCUT2D eigenvalue weighted by atomic mass is 9.96. The minimum atomic E-state index is 0.343. The smallest absolute Gasteiger partial charge is 0.129 e. The highest BCUT2D eigenvalue weighted by Crippen LogP contribution is 2.17. The molecule has 0 fully saturated rings. The van der Waals surface area contributed by atoms with E-state index in [1.165, 1.54) is 70.6 Å². The Labute approximate surface area is 121 Å². The van der Waals surface area contributed by atoms with E-state index >= 15 is 0 Å². The van der Waals surface area contributed by atoms with Crippen LogP contribution in [0.3, 0.4) is 0 Å². The second kappa shape index (κ2) is 14.1. The summed E-state index contributed by atoms with van der Waals surface area (Å²) in [4.78, 5) is 10.9. The van der Waals surface area contributed by atoms with Crippen LogP contribution in [0.5, 0.6) is 0 Å². The zero-order valence-corrected chi connectivity index (χ0v) is 13.7. The Morgan fingerprint density at radius 1 is 0.789 bits per heavy atom. The third-order valence-corrected chi connectivity index (χ3v) is 4.03. The van der Waals surface area contributed by atoms with Gasteiger partial charge in [0, 0.05) is 6.42 Å². The number of hydrogen-bond donors (Lipinski definition) is 0. The lowest BCUT2D eigenvalue weighted by Gasteiger charge is -2.10. The molecule has 0 aliphatic rings. The number of Topliss-reactive ketones (excluding diaryl/α,β-unsaturated/α-hetero) is 1. The molecule has 0 spiro atoms. The molecule has 0 saturated heterocycles. The first-order valence-corrected chi connectivity index (χ1v) is 8.66. The number of carbonyl (C=O) groups is 1. The van der Waals surface area contributed by atoms with Gasteiger partial charge in [0.15, 0.2) is 0 Å². The van der Waals surface area contributed by atoms with Crippen LogP contribution in [0.15, 0.2) is 0 Å². The van der Waals surface area contributed by atoms with Crippen molar-refractivity contribution in [2.75, 3.05) is 0 Å². The van der Waals surface area contributed by atoms with Crippen LogP contribution in [0.2, 0.25) is 0 Å². The lowest BCUT2D eigenvalue weighted by molar-refractivity contribution is -0.117. The minimum Gasteiger partial charge on any atom is -0.300 e. The lowest BCUT2D eigenvalue weighted by Crippen LogP contribution is -1.97. The van der Waals surface area contributed by atoms with Crippen LogP contribution < -0.4 is 0 Å². The number of hydrogen-bond acceptors (Lipinski definition) is 1. The Bertz CT molecular complexity index is 198. The van der Waals surface area contributed by atoms with Crippen LogP contribution in [0.1, 0.15) is 104 Å². The standard InChI is InChI=1S/C18H36O/c1-4-5-6-7-8-9-10-11-12-14-17(2)15-13-16-18(3)19/h17H,4-16H2,1-3H3. The Hall–Kier alpha value is -0.330. The van der Waals surface area contributed by atoms with Crippen LogP contribution in [-0.2, 0) is 4.79 Å². The van der Waals surface area contributed by atoms with Gasteiger partial charge >= 0.3 is 0 Å². The summed E-state index contributed by atoms with van der Waals surface area (Å²) in [5.41, 5.74) is 0. The van der Waals surface area contributed by atoms with E-state index in [0.29, 0.717) is 5.78 Å². The summed E-state index contributed by atoms with van der Waals surface area (Å²) < 4.78 is 0. The van der Waals surface area contributed by atoms with Crippen molar-refractivity contribution in [1.82, 2.24) is 0 Å². The molecule has 0 heterocycles. The maximum atomic E-state index is 10.9. The maximum Gasteiger partial charge on any atom is 0.129 e. The molecular formula is C18H36O. The van der Waals surface area contributed by atoms with E-state index in [1.54, 1.807) is 6.92 Å². The summed E-state index contributed by atoms with van der Waals surface area (Å²) in [5, 5.41) is 0. The third kappa shape index (κ3) is 15.6. The molecular weight excluding hydrogens is 232 g/mol. The highest BCUT2D eigenvalue weighted by molar-refractivity contribution is 5.75. The first kappa shape index (κ1) is 18.7.